The number of alkyl halides is 3. The van der Waals surface area contributed by atoms with Crippen LogP contribution in [-0.2, 0) is 19.9 Å². The van der Waals surface area contributed by atoms with E-state index in [1.54, 1.807) is 4.90 Å². The van der Waals surface area contributed by atoms with E-state index >= 15 is 0 Å². The van der Waals surface area contributed by atoms with Gasteiger partial charge in [0.05, 0.1) is 0 Å². The number of carboxylic acid groups (broad SMARTS) is 1. The van der Waals surface area contributed by atoms with Gasteiger partial charge in [-0.15, -0.1) is 0 Å². The van der Waals surface area contributed by atoms with Crippen molar-refractivity contribution in [1.82, 2.24) is 9.21 Å². The maximum atomic E-state index is 10.9. The molecule has 0 saturated carbocycles. The Balaban J connectivity index is 0.000000441. The quantitative estimate of drug-likeness (QED) is 0.634. The minimum atomic E-state index is -5.08. The van der Waals surface area contributed by atoms with Gasteiger partial charge in [-0.25, -0.2) is 4.79 Å². The molecule has 0 spiro atoms. The van der Waals surface area contributed by atoms with Gasteiger partial charge in [-0.3, -0.25) is 9.35 Å². The summed E-state index contributed by atoms with van der Waals surface area (Å²) in [6, 6.07) is 0. The Bertz CT molecular complexity index is 455. The maximum Gasteiger partial charge on any atom is 0.490 e. The van der Waals surface area contributed by atoms with E-state index in [9.17, 15) is 26.4 Å². The van der Waals surface area contributed by atoms with Crippen LogP contribution in [-0.4, -0.2) is 71.5 Å². The fourth-order valence-corrected chi connectivity index (χ4v) is 1.86. The lowest BCUT2D eigenvalue weighted by atomic mass is 10.3. The van der Waals surface area contributed by atoms with E-state index in [4.69, 9.17) is 14.5 Å². The van der Waals surface area contributed by atoms with E-state index in [1.807, 2.05) is 0 Å². The predicted molar refractivity (Wildman–Crippen MR) is 59.1 cm³/mol. The molecule has 0 radical (unpaired) electrons. The lowest BCUT2D eigenvalue weighted by Gasteiger charge is -2.31. The predicted octanol–water partition coefficient (Wildman–Crippen LogP) is -0.413. The fourth-order valence-electron chi connectivity index (χ4n) is 1.23. The number of amides is 1. The van der Waals surface area contributed by atoms with Gasteiger partial charge in [-0.05, 0) is 0 Å². The van der Waals surface area contributed by atoms with Crippen LogP contribution >= 0.6 is 0 Å². The zero-order chi connectivity index (χ0) is 16.1. The van der Waals surface area contributed by atoms with Crippen molar-refractivity contribution in [2.24, 2.45) is 0 Å². The van der Waals surface area contributed by atoms with Gasteiger partial charge in [-0.1, -0.05) is 0 Å². The van der Waals surface area contributed by atoms with Crippen molar-refractivity contribution in [2.75, 3.05) is 26.2 Å². The van der Waals surface area contributed by atoms with Gasteiger partial charge in [0.2, 0.25) is 5.91 Å². The first-order valence-corrected chi connectivity index (χ1v) is 6.53. The van der Waals surface area contributed by atoms with Gasteiger partial charge in [0.25, 0.3) is 0 Å². The maximum absolute atomic E-state index is 10.9. The lowest BCUT2D eigenvalue weighted by molar-refractivity contribution is -0.192. The zero-order valence-electron chi connectivity index (χ0n) is 10.3. The number of piperazine rings is 1. The molecule has 1 saturated heterocycles. The number of carbonyl (C=O) groups is 2. The number of nitrogens with zero attached hydrogens (tertiary/aromatic N) is 2. The number of halogens is 3. The molecule has 1 rings (SSSR count). The molecule has 12 heteroatoms. The zero-order valence-corrected chi connectivity index (χ0v) is 11.1. The van der Waals surface area contributed by atoms with Gasteiger partial charge in [-0.2, -0.15) is 25.9 Å². The van der Waals surface area contributed by atoms with Crippen LogP contribution in [0.4, 0.5) is 13.2 Å². The summed E-state index contributed by atoms with van der Waals surface area (Å²) in [7, 11) is -4.08. The topological polar surface area (TPSA) is 115 Å². The molecule has 1 heterocycles. The number of rotatable bonds is 1. The molecular weight excluding hydrogens is 309 g/mol. The lowest BCUT2D eigenvalue weighted by Crippen LogP contribution is -2.49. The molecule has 20 heavy (non-hydrogen) atoms. The molecule has 1 aliphatic heterocycles. The summed E-state index contributed by atoms with van der Waals surface area (Å²) < 4.78 is 62.6. The first-order valence-electron chi connectivity index (χ1n) is 5.14. The van der Waals surface area contributed by atoms with Crippen molar-refractivity contribution in [3.8, 4) is 0 Å². The molecule has 0 atom stereocenters. The van der Waals surface area contributed by atoms with E-state index in [-0.39, 0.29) is 19.0 Å². The highest BCUT2D eigenvalue weighted by molar-refractivity contribution is 7.83. The standard InChI is InChI=1S/C6H12N2O4S.C2HF3O2/c1-6(9)7-2-4-8(5-3-7)13(10,11)12;3-2(4,5)1(6)7/h2-5H2,1H3,(H,10,11,12);(H,6,7). The van der Waals surface area contributed by atoms with Gasteiger partial charge in [0, 0.05) is 33.1 Å². The molecule has 0 aliphatic carbocycles. The highest BCUT2D eigenvalue weighted by Crippen LogP contribution is 2.13. The summed E-state index contributed by atoms with van der Waals surface area (Å²) in [6.07, 6.45) is -5.08. The molecule has 0 bridgehead atoms. The molecule has 118 valence electrons. The summed E-state index contributed by atoms with van der Waals surface area (Å²) in [5.74, 6) is -2.83. The number of carbonyl (C=O) groups excluding carboxylic acids is 1. The van der Waals surface area contributed by atoms with Crippen LogP contribution < -0.4 is 0 Å². The monoisotopic (exact) mass is 322 g/mol. The second-order valence-electron chi connectivity index (χ2n) is 3.69. The smallest absolute Gasteiger partial charge is 0.475 e. The molecule has 1 fully saturated rings. The van der Waals surface area contributed by atoms with Crippen LogP contribution in [0.2, 0.25) is 0 Å². The number of carboxylic acids is 1. The van der Waals surface area contributed by atoms with Crippen molar-refractivity contribution in [3.05, 3.63) is 0 Å². The van der Waals surface area contributed by atoms with Gasteiger partial charge < -0.3 is 10.0 Å². The second kappa shape index (κ2) is 6.85. The molecule has 0 aromatic carbocycles. The van der Waals surface area contributed by atoms with E-state index in [1.165, 1.54) is 6.92 Å². The summed E-state index contributed by atoms with van der Waals surface area (Å²) >= 11 is 0. The average Bonchev–Trinajstić information content (AvgIpc) is 2.27. The minimum absolute atomic E-state index is 0.0741. The van der Waals surface area contributed by atoms with Crippen LogP contribution in [0.25, 0.3) is 0 Å². The Morgan fingerprint density at radius 3 is 1.65 bits per heavy atom. The molecular formula is C8H13F3N2O6S. The first-order chi connectivity index (χ1) is 8.85. The Kier molecular flexibility index (Phi) is 6.37. The Labute approximate surface area is 112 Å². The largest absolute Gasteiger partial charge is 0.490 e. The molecule has 0 unspecified atom stereocenters. The van der Waals surface area contributed by atoms with Crippen molar-refractivity contribution in [2.45, 2.75) is 13.1 Å². The first kappa shape index (κ1) is 18.6. The van der Waals surface area contributed by atoms with Gasteiger partial charge in [0.15, 0.2) is 0 Å². The number of hydrogen-bond acceptors (Lipinski definition) is 4. The molecule has 1 amide bonds. The van der Waals surface area contributed by atoms with Crippen LogP contribution in [0, 0.1) is 0 Å². The van der Waals surface area contributed by atoms with Crippen molar-refractivity contribution in [3.63, 3.8) is 0 Å². The van der Waals surface area contributed by atoms with E-state index < -0.39 is 22.4 Å². The van der Waals surface area contributed by atoms with Crippen molar-refractivity contribution < 1.29 is 40.8 Å². The number of hydrogen-bond donors (Lipinski definition) is 2. The molecule has 0 aromatic heterocycles. The average molecular weight is 322 g/mol. The Hall–Kier alpha value is -1.40. The minimum Gasteiger partial charge on any atom is -0.475 e. The highest BCUT2D eigenvalue weighted by atomic mass is 32.2. The van der Waals surface area contributed by atoms with Crippen LogP contribution in [0.3, 0.4) is 0 Å². The molecule has 2 N–H and O–H groups in total. The van der Waals surface area contributed by atoms with Crippen molar-refractivity contribution >= 4 is 22.2 Å². The van der Waals surface area contributed by atoms with Crippen LogP contribution in [0.5, 0.6) is 0 Å². The SMILES string of the molecule is CC(=O)N1CCN(S(=O)(=O)O)CC1.O=C(O)C(F)(F)F. The third-order valence-electron chi connectivity index (χ3n) is 2.25. The summed E-state index contributed by atoms with van der Waals surface area (Å²) in [6.45, 7) is 2.45. The summed E-state index contributed by atoms with van der Waals surface area (Å²) in [4.78, 5) is 21.3. The van der Waals surface area contributed by atoms with Gasteiger partial charge in [0.1, 0.15) is 0 Å². The third-order valence-corrected chi connectivity index (χ3v) is 3.27. The van der Waals surface area contributed by atoms with Gasteiger partial charge >= 0.3 is 22.4 Å². The van der Waals surface area contributed by atoms with Crippen LogP contribution in [0.15, 0.2) is 0 Å². The molecule has 1 aliphatic rings. The Morgan fingerprint density at radius 1 is 1.10 bits per heavy atom. The third kappa shape index (κ3) is 6.68. The van der Waals surface area contributed by atoms with Crippen molar-refractivity contribution in [1.29, 1.82) is 0 Å². The second-order valence-corrected chi connectivity index (χ2v) is 5.10. The molecule has 0 aromatic rings. The normalized spacial score (nSPS) is 17.1. The van der Waals surface area contributed by atoms with Crippen LogP contribution in [0.1, 0.15) is 6.92 Å². The van der Waals surface area contributed by atoms with E-state index in [0.717, 1.165) is 4.31 Å². The Morgan fingerprint density at radius 2 is 1.45 bits per heavy atom. The summed E-state index contributed by atoms with van der Waals surface area (Å²) in [5.41, 5.74) is 0. The number of aliphatic carboxylic acids is 1. The summed E-state index contributed by atoms with van der Waals surface area (Å²) in [5, 5.41) is 7.12. The van der Waals surface area contributed by atoms with E-state index in [0.29, 0.717) is 13.1 Å². The molecule has 8 nitrogen and oxygen atoms in total. The fraction of sp³-hybridized carbons (Fsp3) is 0.750. The highest BCUT2D eigenvalue weighted by Gasteiger charge is 2.38. The van der Waals surface area contributed by atoms with E-state index in [2.05, 4.69) is 0 Å².